The van der Waals surface area contributed by atoms with E-state index in [-0.39, 0.29) is 12.4 Å². The number of carbonyl (C=O) groups is 2. The number of hydrogen-bond acceptors (Lipinski definition) is 4. The van der Waals surface area contributed by atoms with Crippen molar-refractivity contribution >= 4 is 34.4 Å². The predicted molar refractivity (Wildman–Crippen MR) is 101 cm³/mol. The molecule has 0 fully saturated rings. The maximum Gasteiger partial charge on any atom is 0.342 e. The van der Waals surface area contributed by atoms with Crippen molar-refractivity contribution in [1.29, 1.82) is 0 Å². The van der Waals surface area contributed by atoms with Crippen LogP contribution < -0.4 is 5.35 Å². The average Bonchev–Trinajstić information content (AvgIpc) is 2.79. The van der Waals surface area contributed by atoms with E-state index in [1.54, 1.807) is 6.92 Å². The van der Waals surface area contributed by atoms with Crippen molar-refractivity contribution in [2.75, 3.05) is 6.61 Å². The van der Waals surface area contributed by atoms with Gasteiger partial charge in [0.1, 0.15) is 11.4 Å². The number of imidazole rings is 1. The Morgan fingerprint density at radius 2 is 1.96 bits per heavy atom. The van der Waals surface area contributed by atoms with Crippen LogP contribution in [0.15, 0.2) is 6.07 Å². The number of rotatable bonds is 3. The van der Waals surface area contributed by atoms with Crippen LogP contribution in [0.2, 0.25) is 0 Å². The molecule has 0 aliphatic heterocycles. The Morgan fingerprint density at radius 1 is 1.27 bits per heavy atom. The molecule has 0 bridgehead atoms. The smallest absolute Gasteiger partial charge is 0.342 e. The number of nitrogens with one attached hydrogen (secondary N) is 1. The highest BCUT2D eigenvalue weighted by atomic mass is 16.5. The summed E-state index contributed by atoms with van der Waals surface area (Å²) in [4.78, 5) is 32.7. The molecule has 6 heteroatoms. The van der Waals surface area contributed by atoms with Crippen molar-refractivity contribution in [3.63, 3.8) is 0 Å². The lowest BCUT2D eigenvalue weighted by Gasteiger charge is -2.04. The summed E-state index contributed by atoms with van der Waals surface area (Å²) in [6.45, 7) is 11.2. The van der Waals surface area contributed by atoms with Gasteiger partial charge in [0.2, 0.25) is 0 Å². The van der Waals surface area contributed by atoms with Gasteiger partial charge in [0.15, 0.2) is 5.78 Å². The normalized spacial score (nSPS) is 12.2. The Labute approximate surface area is 151 Å². The van der Waals surface area contributed by atoms with Gasteiger partial charge in [-0.15, -0.1) is 0 Å². The molecule has 0 atom stereocenters. The van der Waals surface area contributed by atoms with Crippen molar-refractivity contribution in [3.8, 4) is 0 Å². The number of benzene rings is 1. The van der Waals surface area contributed by atoms with Gasteiger partial charge in [0.05, 0.1) is 28.5 Å². The third-order valence-corrected chi connectivity index (χ3v) is 4.63. The standard InChI is InChI=1S/C20H23N3O3/c1-7-26-20(25)17-13(5)21-18-12(4)10(2)8-15-19(18)23(14(6)22-15)16(17)9-11(3)24/h8-9,21H,7H2,1-6H3/b16-9-. The summed E-state index contributed by atoms with van der Waals surface area (Å²) in [6.07, 6.45) is 1.47. The van der Waals surface area contributed by atoms with Crippen LogP contribution in [-0.2, 0) is 9.53 Å². The number of Topliss-reactive ketones (excluding diaryl/α,β-unsaturated/α-hetero) is 1. The third kappa shape index (κ3) is 2.71. The Hall–Kier alpha value is -2.89. The molecule has 26 heavy (non-hydrogen) atoms. The number of hydrogen-bond donors (Lipinski definition) is 1. The zero-order chi connectivity index (χ0) is 19.2. The summed E-state index contributed by atoms with van der Waals surface area (Å²) in [5, 5.41) is 0.489. The number of ketones is 1. The minimum atomic E-state index is -0.464. The SMILES string of the molecule is CCOC(=O)c1c(C)[nH]c2c(C)c(C)cc3nc(C)n(/c1=C\C(C)=O)c32. The first kappa shape index (κ1) is 17.9. The fourth-order valence-electron chi connectivity index (χ4n) is 3.37. The zero-order valence-electron chi connectivity index (χ0n) is 16.0. The lowest BCUT2D eigenvalue weighted by molar-refractivity contribution is -0.111. The van der Waals surface area contributed by atoms with Gasteiger partial charge in [0.25, 0.3) is 0 Å². The number of nitrogens with zero attached hydrogens (tertiary/aromatic N) is 2. The van der Waals surface area contributed by atoms with Gasteiger partial charge in [-0.05, 0) is 58.7 Å². The summed E-state index contributed by atoms with van der Waals surface area (Å²) in [5.74, 6) is 0.0913. The Balaban J connectivity index is 2.71. The van der Waals surface area contributed by atoms with Gasteiger partial charge in [0, 0.05) is 11.8 Å². The Morgan fingerprint density at radius 3 is 2.58 bits per heavy atom. The van der Waals surface area contributed by atoms with Crippen molar-refractivity contribution in [2.45, 2.75) is 41.5 Å². The second kappa shape index (κ2) is 6.44. The fraction of sp³-hybridized carbons (Fsp3) is 0.350. The summed E-state index contributed by atoms with van der Waals surface area (Å²) in [7, 11) is 0. The van der Waals surface area contributed by atoms with Crippen molar-refractivity contribution in [3.05, 3.63) is 39.6 Å². The topological polar surface area (TPSA) is 76.5 Å². The molecular formula is C20H23N3O3. The van der Waals surface area contributed by atoms with Crippen LogP contribution in [0, 0.1) is 27.7 Å². The molecule has 6 nitrogen and oxygen atoms in total. The van der Waals surface area contributed by atoms with E-state index in [2.05, 4.69) is 9.97 Å². The van der Waals surface area contributed by atoms with Crippen molar-refractivity contribution < 1.29 is 14.3 Å². The van der Waals surface area contributed by atoms with E-state index in [9.17, 15) is 9.59 Å². The number of aromatic amines is 1. The molecule has 2 heterocycles. The number of aryl methyl sites for hydroxylation is 4. The highest BCUT2D eigenvalue weighted by Crippen LogP contribution is 2.25. The second-order valence-corrected chi connectivity index (χ2v) is 6.54. The molecule has 2 aromatic heterocycles. The maximum atomic E-state index is 12.7. The van der Waals surface area contributed by atoms with E-state index >= 15 is 0 Å². The first-order valence-corrected chi connectivity index (χ1v) is 8.63. The molecule has 136 valence electrons. The van der Waals surface area contributed by atoms with Crippen LogP contribution in [0.5, 0.6) is 0 Å². The van der Waals surface area contributed by atoms with E-state index in [1.165, 1.54) is 13.0 Å². The molecule has 3 rings (SSSR count). The monoisotopic (exact) mass is 353 g/mol. The maximum absolute atomic E-state index is 12.7. The van der Waals surface area contributed by atoms with E-state index in [0.717, 1.165) is 27.7 Å². The molecule has 0 unspecified atom stereocenters. The molecule has 0 amide bonds. The zero-order valence-corrected chi connectivity index (χ0v) is 16.0. The first-order valence-electron chi connectivity index (χ1n) is 8.63. The van der Waals surface area contributed by atoms with Crippen LogP contribution in [0.4, 0.5) is 0 Å². The largest absolute Gasteiger partial charge is 0.462 e. The van der Waals surface area contributed by atoms with Gasteiger partial charge in [-0.2, -0.15) is 0 Å². The van der Waals surface area contributed by atoms with E-state index < -0.39 is 5.97 Å². The molecule has 0 saturated heterocycles. The van der Waals surface area contributed by atoms with E-state index in [0.29, 0.717) is 22.4 Å². The van der Waals surface area contributed by atoms with Crippen LogP contribution in [-0.4, -0.2) is 32.7 Å². The van der Waals surface area contributed by atoms with E-state index in [1.807, 2.05) is 38.2 Å². The van der Waals surface area contributed by atoms with Crippen LogP contribution in [0.25, 0.3) is 22.6 Å². The number of esters is 1. The highest BCUT2D eigenvalue weighted by Gasteiger charge is 2.19. The van der Waals surface area contributed by atoms with Gasteiger partial charge in [-0.25, -0.2) is 9.78 Å². The first-order chi connectivity index (χ1) is 12.3. The lowest BCUT2D eigenvalue weighted by Crippen LogP contribution is -2.25. The molecule has 0 spiro atoms. The van der Waals surface area contributed by atoms with Crippen LogP contribution in [0.3, 0.4) is 0 Å². The summed E-state index contributed by atoms with van der Waals surface area (Å²) in [5.41, 5.74) is 5.75. The van der Waals surface area contributed by atoms with Crippen molar-refractivity contribution in [1.82, 2.24) is 14.4 Å². The predicted octanol–water partition coefficient (Wildman–Crippen LogP) is 2.88. The molecule has 0 saturated carbocycles. The van der Waals surface area contributed by atoms with E-state index in [4.69, 9.17) is 4.74 Å². The minimum absolute atomic E-state index is 0.150. The second-order valence-electron chi connectivity index (χ2n) is 6.54. The molecule has 0 aliphatic rings. The number of H-pyrrole nitrogens is 1. The van der Waals surface area contributed by atoms with Gasteiger partial charge in [-0.1, -0.05) is 0 Å². The molecule has 3 aromatic rings. The number of carbonyl (C=O) groups excluding carboxylic acids is 2. The van der Waals surface area contributed by atoms with Gasteiger partial charge in [-0.3, -0.25) is 9.20 Å². The molecular weight excluding hydrogens is 330 g/mol. The average molecular weight is 353 g/mol. The highest BCUT2D eigenvalue weighted by molar-refractivity contribution is 6.06. The Bertz CT molecular complexity index is 1130. The molecule has 0 radical (unpaired) electrons. The number of aromatic nitrogens is 3. The number of ether oxygens (including phenoxy) is 1. The fourth-order valence-corrected chi connectivity index (χ4v) is 3.37. The van der Waals surface area contributed by atoms with Crippen molar-refractivity contribution in [2.24, 2.45) is 0 Å². The quantitative estimate of drug-likeness (QED) is 0.735. The third-order valence-electron chi connectivity index (χ3n) is 4.63. The molecule has 1 aromatic carbocycles. The molecule has 0 aliphatic carbocycles. The Kier molecular flexibility index (Phi) is 4.44. The van der Waals surface area contributed by atoms with Crippen LogP contribution in [0.1, 0.15) is 46.9 Å². The summed E-state index contributed by atoms with van der Waals surface area (Å²) >= 11 is 0. The van der Waals surface area contributed by atoms with Crippen LogP contribution >= 0.6 is 0 Å². The van der Waals surface area contributed by atoms with Gasteiger partial charge < -0.3 is 9.72 Å². The van der Waals surface area contributed by atoms with Gasteiger partial charge >= 0.3 is 5.97 Å². The molecule has 1 N–H and O–H groups in total. The summed E-state index contributed by atoms with van der Waals surface area (Å²) < 4.78 is 7.13. The lowest BCUT2D eigenvalue weighted by atomic mass is 10.1. The summed E-state index contributed by atoms with van der Waals surface area (Å²) in [6, 6.07) is 2.02. The minimum Gasteiger partial charge on any atom is -0.462 e.